The molecule has 1 aliphatic carbocycles. The van der Waals surface area contributed by atoms with Crippen molar-refractivity contribution in [2.45, 2.75) is 25.4 Å². The highest BCUT2D eigenvalue weighted by Crippen LogP contribution is 2.59. The molecule has 0 aliphatic heterocycles. The van der Waals surface area contributed by atoms with Gasteiger partial charge in [-0.2, -0.15) is 13.2 Å². The molecule has 1 fully saturated rings. The number of halogens is 3. The third-order valence-corrected chi connectivity index (χ3v) is 3.34. The Morgan fingerprint density at radius 1 is 1.47 bits per heavy atom. The fraction of sp³-hybridized carbons (Fsp3) is 0.417. The molecule has 1 aromatic rings. The summed E-state index contributed by atoms with van der Waals surface area (Å²) in [7, 11) is 0. The molecule has 5 heteroatoms. The van der Waals surface area contributed by atoms with Crippen molar-refractivity contribution in [1.82, 2.24) is 0 Å². The lowest BCUT2D eigenvalue weighted by Gasteiger charge is -2.09. The Bertz CT molecular complexity index is 467. The van der Waals surface area contributed by atoms with Gasteiger partial charge in [0.15, 0.2) is 0 Å². The third kappa shape index (κ3) is 2.01. The van der Waals surface area contributed by atoms with E-state index in [1.54, 1.807) is 13.0 Å². The Balaban J connectivity index is 2.28. The van der Waals surface area contributed by atoms with Crippen molar-refractivity contribution < 1.29 is 23.1 Å². The van der Waals surface area contributed by atoms with Crippen LogP contribution in [-0.4, -0.2) is 11.1 Å². The van der Waals surface area contributed by atoms with Crippen molar-refractivity contribution in [3.8, 4) is 0 Å². The molecule has 1 N–H and O–H groups in total. The van der Waals surface area contributed by atoms with Crippen molar-refractivity contribution in [3.63, 3.8) is 0 Å². The third-order valence-electron chi connectivity index (χ3n) is 3.34. The minimum Gasteiger partial charge on any atom is -0.481 e. The quantitative estimate of drug-likeness (QED) is 0.866. The van der Waals surface area contributed by atoms with Crippen LogP contribution < -0.4 is 0 Å². The molecule has 92 valence electrons. The van der Waals surface area contributed by atoms with Crippen LogP contribution in [0.3, 0.4) is 0 Å². The number of aliphatic carboxylic acids is 1. The molecule has 0 saturated heterocycles. The lowest BCUT2D eigenvalue weighted by atomic mass is 9.99. The van der Waals surface area contributed by atoms with E-state index >= 15 is 0 Å². The minimum absolute atomic E-state index is 0.317. The van der Waals surface area contributed by atoms with Crippen LogP contribution >= 0.6 is 0 Å². The molecule has 1 saturated carbocycles. The first-order valence-corrected chi connectivity index (χ1v) is 5.16. The van der Waals surface area contributed by atoms with E-state index in [4.69, 9.17) is 5.11 Å². The summed E-state index contributed by atoms with van der Waals surface area (Å²) in [5.74, 6) is -1.28. The lowest BCUT2D eigenvalue weighted by Crippen LogP contribution is -2.12. The number of hydrogen-bond donors (Lipinski definition) is 1. The zero-order chi connectivity index (χ0) is 12.8. The highest BCUT2D eigenvalue weighted by Gasteiger charge is 2.57. The van der Waals surface area contributed by atoms with Gasteiger partial charge in [-0.15, -0.1) is 0 Å². The molecule has 1 aliphatic rings. The van der Waals surface area contributed by atoms with Gasteiger partial charge in [0.2, 0.25) is 0 Å². The molecule has 1 aromatic carbocycles. The average Bonchev–Trinajstić information content (AvgIpc) is 2.91. The molecular formula is C12H11F3O2. The first-order chi connectivity index (χ1) is 7.75. The van der Waals surface area contributed by atoms with Crippen LogP contribution in [0.4, 0.5) is 13.2 Å². The zero-order valence-electron chi connectivity index (χ0n) is 9.08. The molecule has 17 heavy (non-hydrogen) atoms. The van der Waals surface area contributed by atoms with Gasteiger partial charge in [0.05, 0.1) is 11.0 Å². The predicted octanol–water partition coefficient (Wildman–Crippen LogP) is 3.28. The average molecular weight is 244 g/mol. The number of alkyl halides is 3. The van der Waals surface area contributed by atoms with E-state index in [-0.39, 0.29) is 5.92 Å². The van der Waals surface area contributed by atoms with E-state index in [9.17, 15) is 18.0 Å². The molecule has 2 nitrogen and oxygen atoms in total. The fourth-order valence-electron chi connectivity index (χ4n) is 2.02. The van der Waals surface area contributed by atoms with Gasteiger partial charge in [-0.25, -0.2) is 0 Å². The Kier molecular flexibility index (Phi) is 2.45. The van der Waals surface area contributed by atoms with Crippen molar-refractivity contribution in [3.05, 3.63) is 35.4 Å². The summed E-state index contributed by atoms with van der Waals surface area (Å²) in [5, 5.41) is 8.95. The maximum Gasteiger partial charge on any atom is 0.416 e. The van der Waals surface area contributed by atoms with Gasteiger partial charge in [0.1, 0.15) is 0 Å². The fourth-order valence-corrected chi connectivity index (χ4v) is 2.02. The summed E-state index contributed by atoms with van der Waals surface area (Å²) in [6.45, 7) is 1.56. The van der Waals surface area contributed by atoms with Gasteiger partial charge < -0.3 is 5.11 Å². The molecule has 0 radical (unpaired) electrons. The summed E-state index contributed by atoms with van der Waals surface area (Å²) < 4.78 is 37.5. The van der Waals surface area contributed by atoms with Crippen molar-refractivity contribution >= 4 is 5.97 Å². The lowest BCUT2D eigenvalue weighted by molar-refractivity contribution is -0.142. The summed E-state index contributed by atoms with van der Waals surface area (Å²) in [6, 6.07) is 4.90. The number of carboxylic acid groups (broad SMARTS) is 1. The number of carbonyl (C=O) groups is 1. The van der Waals surface area contributed by atoms with Crippen LogP contribution in [0.1, 0.15) is 30.4 Å². The second kappa shape index (κ2) is 3.48. The molecular weight excluding hydrogens is 233 g/mol. The summed E-state index contributed by atoms with van der Waals surface area (Å²) in [6.07, 6.45) is -3.99. The monoisotopic (exact) mass is 244 g/mol. The van der Waals surface area contributed by atoms with Crippen LogP contribution in [-0.2, 0) is 11.0 Å². The van der Waals surface area contributed by atoms with Crippen LogP contribution in [0.25, 0.3) is 0 Å². The summed E-state index contributed by atoms with van der Waals surface area (Å²) in [4.78, 5) is 10.9. The van der Waals surface area contributed by atoms with Crippen molar-refractivity contribution in [1.29, 1.82) is 0 Å². The minimum atomic E-state index is -4.38. The van der Waals surface area contributed by atoms with E-state index in [1.807, 2.05) is 0 Å². The Morgan fingerprint density at radius 2 is 2.12 bits per heavy atom. The topological polar surface area (TPSA) is 37.3 Å². The Morgan fingerprint density at radius 3 is 2.59 bits per heavy atom. The second-order valence-corrected chi connectivity index (χ2v) is 4.60. The van der Waals surface area contributed by atoms with Crippen LogP contribution in [0.2, 0.25) is 0 Å². The first kappa shape index (κ1) is 12.0. The molecule has 0 heterocycles. The highest BCUT2D eigenvalue weighted by molar-refractivity contribution is 5.80. The van der Waals surface area contributed by atoms with Crippen LogP contribution in [0.5, 0.6) is 0 Å². The molecule has 0 spiro atoms. The van der Waals surface area contributed by atoms with E-state index in [2.05, 4.69) is 0 Å². The second-order valence-electron chi connectivity index (χ2n) is 4.60. The molecule has 2 atom stereocenters. The summed E-state index contributed by atoms with van der Waals surface area (Å²) in [5.41, 5.74) is -1.19. The smallest absolute Gasteiger partial charge is 0.416 e. The van der Waals surface area contributed by atoms with Crippen LogP contribution in [0.15, 0.2) is 24.3 Å². The maximum absolute atomic E-state index is 12.5. The first-order valence-electron chi connectivity index (χ1n) is 5.16. The molecule has 0 amide bonds. The maximum atomic E-state index is 12.5. The molecule has 2 rings (SSSR count). The number of rotatable bonds is 2. The van der Waals surface area contributed by atoms with Gasteiger partial charge in [-0.3, -0.25) is 4.79 Å². The number of benzene rings is 1. The number of hydrogen-bond acceptors (Lipinski definition) is 1. The van der Waals surface area contributed by atoms with E-state index in [0.29, 0.717) is 12.0 Å². The van der Waals surface area contributed by atoms with Gasteiger partial charge in [-0.05, 0) is 25.0 Å². The van der Waals surface area contributed by atoms with Crippen LogP contribution in [0, 0.1) is 5.41 Å². The van der Waals surface area contributed by atoms with E-state index in [0.717, 1.165) is 12.1 Å². The Hall–Kier alpha value is -1.52. The van der Waals surface area contributed by atoms with E-state index in [1.165, 1.54) is 6.07 Å². The standard InChI is InChI=1S/C12H11F3O2/c1-11(10(16)17)6-9(11)7-3-2-4-8(5-7)12(13,14)15/h2-5,9H,6H2,1H3,(H,16,17)/t9-,11+/m1/s1. The molecule has 0 aromatic heterocycles. The largest absolute Gasteiger partial charge is 0.481 e. The van der Waals surface area contributed by atoms with Gasteiger partial charge in [-0.1, -0.05) is 18.2 Å². The molecule has 0 unspecified atom stereocenters. The predicted molar refractivity (Wildman–Crippen MR) is 54.5 cm³/mol. The van der Waals surface area contributed by atoms with Gasteiger partial charge in [0, 0.05) is 5.92 Å². The summed E-state index contributed by atoms with van der Waals surface area (Å²) >= 11 is 0. The van der Waals surface area contributed by atoms with Crippen molar-refractivity contribution in [2.75, 3.05) is 0 Å². The zero-order valence-corrected chi connectivity index (χ0v) is 9.08. The van der Waals surface area contributed by atoms with Crippen molar-refractivity contribution in [2.24, 2.45) is 5.41 Å². The SMILES string of the molecule is C[C@]1(C(=O)O)C[C@@H]1c1cccc(C(F)(F)F)c1. The Labute approximate surface area is 96.1 Å². The molecule has 0 bridgehead atoms. The van der Waals surface area contributed by atoms with Gasteiger partial charge in [0.25, 0.3) is 0 Å². The van der Waals surface area contributed by atoms with Gasteiger partial charge >= 0.3 is 12.1 Å². The van der Waals surface area contributed by atoms with E-state index < -0.39 is 23.1 Å². The number of carboxylic acids is 1. The highest BCUT2D eigenvalue weighted by atomic mass is 19.4. The normalized spacial score (nSPS) is 27.9.